The Kier molecular flexibility index (Phi) is 4.52. The molecule has 30 heavy (non-hydrogen) atoms. The number of hydrogen-bond donors (Lipinski definition) is 0. The first-order valence-corrected chi connectivity index (χ1v) is 10.1. The Morgan fingerprint density at radius 3 is 2.43 bits per heavy atom. The molecule has 10 heteroatoms. The summed E-state index contributed by atoms with van der Waals surface area (Å²) in [6.45, 7) is 3.51. The van der Waals surface area contributed by atoms with Crippen molar-refractivity contribution in [2.45, 2.75) is 50.9 Å². The summed E-state index contributed by atoms with van der Waals surface area (Å²) in [5, 5.41) is 4.45. The average Bonchev–Trinajstić information content (AvgIpc) is 3.47. The van der Waals surface area contributed by atoms with Crippen LogP contribution in [0.4, 0.5) is 24.8 Å². The van der Waals surface area contributed by atoms with E-state index in [2.05, 4.69) is 29.9 Å². The molecule has 0 atom stereocenters. The lowest BCUT2D eigenvalue weighted by Gasteiger charge is -2.40. The normalized spacial score (nSPS) is 18.2. The molecule has 0 unspecified atom stereocenters. The molecule has 1 aliphatic carbocycles. The first kappa shape index (κ1) is 19.1. The van der Waals surface area contributed by atoms with E-state index in [1.165, 1.54) is 0 Å². The number of aryl methyl sites for hydroxylation is 1. The second kappa shape index (κ2) is 7.10. The maximum absolute atomic E-state index is 13.1. The molecule has 0 radical (unpaired) electrons. The van der Waals surface area contributed by atoms with Gasteiger partial charge >= 0.3 is 6.18 Å². The van der Waals surface area contributed by atoms with Crippen LogP contribution in [0.3, 0.4) is 0 Å². The Morgan fingerprint density at radius 1 is 1.00 bits per heavy atom. The molecule has 1 saturated heterocycles. The van der Waals surface area contributed by atoms with Crippen molar-refractivity contribution in [3.8, 4) is 0 Å². The van der Waals surface area contributed by atoms with Crippen molar-refractivity contribution in [3.63, 3.8) is 0 Å². The van der Waals surface area contributed by atoms with E-state index in [0.29, 0.717) is 5.82 Å². The summed E-state index contributed by atoms with van der Waals surface area (Å²) in [6, 6.07) is 3.51. The van der Waals surface area contributed by atoms with E-state index in [1.807, 2.05) is 23.7 Å². The van der Waals surface area contributed by atoms with Crippen molar-refractivity contribution in [3.05, 3.63) is 42.2 Å². The van der Waals surface area contributed by atoms with Crippen molar-refractivity contribution < 1.29 is 13.2 Å². The Labute approximate surface area is 171 Å². The first-order valence-electron chi connectivity index (χ1n) is 10.1. The van der Waals surface area contributed by atoms with Gasteiger partial charge in [-0.3, -0.25) is 0 Å². The first-order chi connectivity index (χ1) is 14.4. The predicted octanol–water partition coefficient (Wildman–Crippen LogP) is 3.48. The van der Waals surface area contributed by atoms with E-state index in [0.717, 1.165) is 68.2 Å². The van der Waals surface area contributed by atoms with Gasteiger partial charge in [0.1, 0.15) is 23.4 Å². The summed E-state index contributed by atoms with van der Waals surface area (Å²) >= 11 is 0. The summed E-state index contributed by atoms with van der Waals surface area (Å²) in [7, 11) is 0. The summed E-state index contributed by atoms with van der Waals surface area (Å²) in [5.41, 5.74) is 1.02. The van der Waals surface area contributed by atoms with Crippen LogP contribution >= 0.6 is 0 Å². The highest BCUT2D eigenvalue weighted by Gasteiger charge is 2.39. The fourth-order valence-electron chi connectivity index (χ4n) is 4.30. The summed E-state index contributed by atoms with van der Waals surface area (Å²) in [6.07, 6.45) is 3.77. The number of alkyl halides is 3. The number of hydrogen-bond acceptors (Lipinski definition) is 6. The van der Waals surface area contributed by atoms with E-state index >= 15 is 0 Å². The number of nitrogens with zero attached hydrogens (tertiary/aromatic N) is 7. The largest absolute Gasteiger partial charge is 0.433 e. The topological polar surface area (TPSA) is 62.5 Å². The smallest absolute Gasteiger partial charge is 0.355 e. The Hall–Kier alpha value is -2.91. The van der Waals surface area contributed by atoms with Gasteiger partial charge in [-0.05, 0) is 38.7 Å². The van der Waals surface area contributed by atoms with E-state index in [4.69, 9.17) is 0 Å². The van der Waals surface area contributed by atoms with Gasteiger partial charge in [-0.2, -0.15) is 18.3 Å². The van der Waals surface area contributed by atoms with Crippen molar-refractivity contribution in [2.75, 3.05) is 22.9 Å². The van der Waals surface area contributed by atoms with Gasteiger partial charge in [-0.15, -0.1) is 0 Å². The van der Waals surface area contributed by atoms with Gasteiger partial charge in [-0.25, -0.2) is 19.5 Å². The van der Waals surface area contributed by atoms with Crippen LogP contribution in [-0.2, 0) is 6.18 Å². The van der Waals surface area contributed by atoms with Crippen molar-refractivity contribution in [2.24, 2.45) is 0 Å². The molecule has 4 heterocycles. The van der Waals surface area contributed by atoms with Crippen LogP contribution in [-0.4, -0.2) is 49.7 Å². The molecule has 158 valence electrons. The van der Waals surface area contributed by atoms with Gasteiger partial charge in [-0.1, -0.05) is 0 Å². The van der Waals surface area contributed by atoms with Crippen LogP contribution in [0, 0.1) is 6.92 Å². The molecule has 5 rings (SSSR count). The monoisotopic (exact) mass is 417 g/mol. The second-order valence-corrected chi connectivity index (χ2v) is 7.98. The molecule has 1 saturated carbocycles. The molecule has 0 spiro atoms. The van der Waals surface area contributed by atoms with Gasteiger partial charge in [0.2, 0.25) is 0 Å². The van der Waals surface area contributed by atoms with Crippen LogP contribution in [0.2, 0.25) is 0 Å². The van der Waals surface area contributed by atoms with Gasteiger partial charge in [0.25, 0.3) is 0 Å². The van der Waals surface area contributed by atoms with Gasteiger partial charge in [0, 0.05) is 43.6 Å². The highest BCUT2D eigenvalue weighted by atomic mass is 19.4. The molecular formula is C20H22F3N7. The zero-order valence-corrected chi connectivity index (χ0v) is 16.5. The van der Waals surface area contributed by atoms with E-state index < -0.39 is 11.9 Å². The molecule has 2 fully saturated rings. The van der Waals surface area contributed by atoms with E-state index in [1.54, 1.807) is 6.20 Å². The predicted molar refractivity (Wildman–Crippen MR) is 105 cm³/mol. The maximum atomic E-state index is 13.1. The van der Waals surface area contributed by atoms with Crippen LogP contribution in [0.5, 0.6) is 0 Å². The maximum Gasteiger partial charge on any atom is 0.433 e. The molecule has 0 bridgehead atoms. The average molecular weight is 417 g/mol. The number of halogens is 3. The quantitative estimate of drug-likeness (QED) is 0.648. The lowest BCUT2D eigenvalue weighted by Crippen LogP contribution is -2.46. The molecule has 0 amide bonds. The van der Waals surface area contributed by atoms with Crippen LogP contribution in [0.25, 0.3) is 5.52 Å². The Bertz CT molecular complexity index is 1050. The molecular weight excluding hydrogens is 395 g/mol. The second-order valence-electron chi connectivity index (χ2n) is 7.98. The lowest BCUT2D eigenvalue weighted by atomic mass is 10.0. The standard InChI is InChI=1S/C20H22F3N7/c1-13-10-16-19(24-6-9-29(16)27-13)28-7-4-15(5-8-28)30(14-2-3-14)18-11-17(20(21,22)23)25-12-26-18/h6,9-12,14-15H,2-5,7-8H2,1H3. The molecule has 3 aromatic rings. The van der Waals surface area contributed by atoms with Gasteiger partial charge < -0.3 is 9.80 Å². The third kappa shape index (κ3) is 3.54. The van der Waals surface area contributed by atoms with Crippen molar-refractivity contribution in [1.82, 2.24) is 24.6 Å². The number of fused-ring (bicyclic) bond motifs is 1. The van der Waals surface area contributed by atoms with Crippen LogP contribution in [0.15, 0.2) is 30.9 Å². The summed E-state index contributed by atoms with van der Waals surface area (Å²) in [4.78, 5) is 16.5. The minimum Gasteiger partial charge on any atom is -0.355 e. The zero-order valence-electron chi connectivity index (χ0n) is 16.5. The van der Waals surface area contributed by atoms with E-state index in [9.17, 15) is 13.2 Å². The molecule has 0 N–H and O–H groups in total. The fraction of sp³-hybridized carbons (Fsp3) is 0.500. The van der Waals surface area contributed by atoms with Gasteiger partial charge in [0.05, 0.1) is 5.69 Å². The summed E-state index contributed by atoms with van der Waals surface area (Å²) < 4.78 is 41.2. The SMILES string of the molecule is Cc1cc2c(N3CCC(N(c4cc(C(F)(F)F)ncn4)C4CC4)CC3)nccn2n1. The Balaban J connectivity index is 1.36. The molecule has 3 aromatic heterocycles. The number of anilines is 2. The molecule has 2 aliphatic rings. The number of piperidine rings is 1. The molecule has 1 aliphatic heterocycles. The highest BCUT2D eigenvalue weighted by Crippen LogP contribution is 2.37. The Morgan fingerprint density at radius 2 is 1.73 bits per heavy atom. The zero-order chi connectivity index (χ0) is 20.9. The minimum atomic E-state index is -4.47. The number of rotatable bonds is 4. The number of aromatic nitrogens is 5. The third-order valence-corrected chi connectivity index (χ3v) is 5.80. The summed E-state index contributed by atoms with van der Waals surface area (Å²) in [5.74, 6) is 1.28. The van der Waals surface area contributed by atoms with Crippen molar-refractivity contribution in [1.29, 1.82) is 0 Å². The molecule has 7 nitrogen and oxygen atoms in total. The fourth-order valence-corrected chi connectivity index (χ4v) is 4.30. The minimum absolute atomic E-state index is 0.149. The molecule has 0 aromatic carbocycles. The highest BCUT2D eigenvalue weighted by molar-refractivity contribution is 5.69. The van der Waals surface area contributed by atoms with Gasteiger partial charge in [0.15, 0.2) is 5.82 Å². The van der Waals surface area contributed by atoms with Crippen molar-refractivity contribution >= 4 is 17.2 Å². The lowest BCUT2D eigenvalue weighted by molar-refractivity contribution is -0.141. The third-order valence-electron chi connectivity index (χ3n) is 5.80. The van der Waals surface area contributed by atoms with Crippen LogP contribution < -0.4 is 9.80 Å². The van der Waals surface area contributed by atoms with Crippen LogP contribution in [0.1, 0.15) is 37.1 Å². The van der Waals surface area contributed by atoms with E-state index in [-0.39, 0.29) is 12.1 Å².